The minimum Gasteiger partial charge on any atom is -0.353 e. The lowest BCUT2D eigenvalue weighted by atomic mass is 10.1. The van der Waals surface area contributed by atoms with E-state index in [-0.39, 0.29) is 17.9 Å². The van der Waals surface area contributed by atoms with Gasteiger partial charge in [-0.1, -0.05) is 19.8 Å². The van der Waals surface area contributed by atoms with Crippen molar-refractivity contribution in [2.24, 2.45) is 0 Å². The second-order valence-corrected chi connectivity index (χ2v) is 5.16. The summed E-state index contributed by atoms with van der Waals surface area (Å²) >= 11 is 0. The van der Waals surface area contributed by atoms with E-state index < -0.39 is 0 Å². The molecule has 1 saturated heterocycles. The third-order valence-electron chi connectivity index (χ3n) is 3.93. The van der Waals surface area contributed by atoms with Crippen LogP contribution in [0.15, 0.2) is 0 Å². The number of hydrogen-bond donors (Lipinski definition) is 2. The van der Waals surface area contributed by atoms with Gasteiger partial charge in [-0.25, -0.2) is 0 Å². The van der Waals surface area contributed by atoms with Crippen molar-refractivity contribution < 1.29 is 9.59 Å². The van der Waals surface area contributed by atoms with Gasteiger partial charge in [0, 0.05) is 19.1 Å². The zero-order valence-electron chi connectivity index (χ0n) is 11.1. The monoisotopic (exact) mass is 253 g/mol. The summed E-state index contributed by atoms with van der Waals surface area (Å²) in [6.45, 7) is 3.52. The van der Waals surface area contributed by atoms with Gasteiger partial charge in [-0.3, -0.25) is 9.59 Å². The average Bonchev–Trinajstić information content (AvgIpc) is 2.88. The van der Waals surface area contributed by atoms with E-state index in [4.69, 9.17) is 0 Å². The molecule has 2 aliphatic rings. The molecule has 1 heterocycles. The second-order valence-electron chi connectivity index (χ2n) is 5.16. The molecule has 1 unspecified atom stereocenters. The fourth-order valence-corrected chi connectivity index (χ4v) is 2.88. The van der Waals surface area contributed by atoms with Crippen LogP contribution in [0.5, 0.6) is 0 Å². The summed E-state index contributed by atoms with van der Waals surface area (Å²) in [5.41, 5.74) is 0. The zero-order valence-corrected chi connectivity index (χ0v) is 11.1. The highest BCUT2D eigenvalue weighted by Gasteiger charge is 2.31. The van der Waals surface area contributed by atoms with Crippen molar-refractivity contribution in [1.29, 1.82) is 0 Å². The Hall–Kier alpha value is -1.10. The van der Waals surface area contributed by atoms with Crippen LogP contribution in [0.3, 0.4) is 0 Å². The minimum absolute atomic E-state index is 0.0158. The molecule has 2 fully saturated rings. The molecule has 5 nitrogen and oxygen atoms in total. The van der Waals surface area contributed by atoms with Crippen LogP contribution in [0.25, 0.3) is 0 Å². The number of carbonyl (C=O) groups is 2. The lowest BCUT2D eigenvalue weighted by Gasteiger charge is -2.34. The Labute approximate surface area is 108 Å². The summed E-state index contributed by atoms with van der Waals surface area (Å²) in [5, 5.41) is 6.13. The molecule has 0 aromatic heterocycles. The summed E-state index contributed by atoms with van der Waals surface area (Å²) in [6, 6.07) is 0.212. The maximum atomic E-state index is 12.2. The van der Waals surface area contributed by atoms with Gasteiger partial charge in [0.2, 0.25) is 11.8 Å². The smallest absolute Gasteiger partial charge is 0.242 e. The molecular formula is C13H23N3O2. The molecule has 2 rings (SSSR count). The largest absolute Gasteiger partial charge is 0.353 e. The van der Waals surface area contributed by atoms with E-state index in [9.17, 15) is 9.59 Å². The molecule has 2 N–H and O–H groups in total. The normalized spacial score (nSPS) is 25.3. The maximum Gasteiger partial charge on any atom is 0.242 e. The molecule has 0 aromatic rings. The van der Waals surface area contributed by atoms with Gasteiger partial charge < -0.3 is 15.5 Å². The van der Waals surface area contributed by atoms with Crippen molar-refractivity contribution in [3.05, 3.63) is 0 Å². The fraction of sp³-hybridized carbons (Fsp3) is 0.846. The number of rotatable bonds is 4. The van der Waals surface area contributed by atoms with Gasteiger partial charge >= 0.3 is 0 Å². The summed E-state index contributed by atoms with van der Waals surface area (Å²) in [6.07, 6.45) is 5.54. The molecule has 0 bridgehead atoms. The predicted octanol–water partition coefficient (Wildman–Crippen LogP) is 0.256. The fourth-order valence-electron chi connectivity index (χ4n) is 2.88. The number of nitrogens with zero attached hydrogens (tertiary/aromatic N) is 1. The highest BCUT2D eigenvalue weighted by atomic mass is 16.2. The first-order chi connectivity index (χ1) is 8.72. The first kappa shape index (κ1) is 13.3. The van der Waals surface area contributed by atoms with Gasteiger partial charge in [0.05, 0.1) is 6.54 Å². The zero-order chi connectivity index (χ0) is 13.0. The van der Waals surface area contributed by atoms with Crippen molar-refractivity contribution >= 4 is 11.8 Å². The Kier molecular flexibility index (Phi) is 4.58. The standard InChI is InChI=1S/C13H23N3O2/c1-2-11-13(18)14-7-8-16(11)12(17)9-15-10-5-3-4-6-10/h10-11,15H,2-9H2,1H3,(H,14,18). The van der Waals surface area contributed by atoms with Crippen LogP contribution in [0, 0.1) is 0 Å². The average molecular weight is 253 g/mol. The van der Waals surface area contributed by atoms with Crippen LogP contribution in [0.4, 0.5) is 0 Å². The first-order valence-electron chi connectivity index (χ1n) is 7.03. The molecule has 102 valence electrons. The van der Waals surface area contributed by atoms with E-state index in [1.54, 1.807) is 4.90 Å². The summed E-state index contributed by atoms with van der Waals surface area (Å²) in [4.78, 5) is 25.6. The Balaban J connectivity index is 1.84. The van der Waals surface area contributed by atoms with E-state index in [1.807, 2.05) is 6.92 Å². The first-order valence-corrected chi connectivity index (χ1v) is 7.03. The third-order valence-corrected chi connectivity index (χ3v) is 3.93. The quantitative estimate of drug-likeness (QED) is 0.755. The van der Waals surface area contributed by atoms with E-state index >= 15 is 0 Å². The maximum absolute atomic E-state index is 12.2. The third kappa shape index (κ3) is 3.02. The van der Waals surface area contributed by atoms with Gasteiger partial charge in [0.1, 0.15) is 6.04 Å². The summed E-state index contributed by atoms with van der Waals surface area (Å²) in [5.74, 6) is 0.0431. The SMILES string of the molecule is CCC1C(=O)NCCN1C(=O)CNC1CCCC1. The number of piperazine rings is 1. The molecule has 0 radical (unpaired) electrons. The van der Waals surface area contributed by atoms with Crippen molar-refractivity contribution in [1.82, 2.24) is 15.5 Å². The van der Waals surface area contributed by atoms with Crippen LogP contribution < -0.4 is 10.6 Å². The summed E-state index contributed by atoms with van der Waals surface area (Å²) < 4.78 is 0. The molecule has 1 saturated carbocycles. The predicted molar refractivity (Wildman–Crippen MR) is 69.1 cm³/mol. The van der Waals surface area contributed by atoms with E-state index in [0.717, 1.165) is 0 Å². The van der Waals surface area contributed by atoms with Gasteiger partial charge in [-0.2, -0.15) is 0 Å². The number of nitrogens with one attached hydrogen (secondary N) is 2. The molecule has 0 spiro atoms. The van der Waals surface area contributed by atoms with Crippen molar-refractivity contribution in [2.45, 2.75) is 51.1 Å². The van der Waals surface area contributed by atoms with Gasteiger partial charge in [0.25, 0.3) is 0 Å². The van der Waals surface area contributed by atoms with E-state index in [0.29, 0.717) is 32.1 Å². The molecular weight excluding hydrogens is 230 g/mol. The molecule has 5 heteroatoms. The topological polar surface area (TPSA) is 61.4 Å². The van der Waals surface area contributed by atoms with Crippen molar-refractivity contribution in [3.8, 4) is 0 Å². The lowest BCUT2D eigenvalue weighted by molar-refractivity contribution is -0.142. The molecule has 0 aromatic carbocycles. The number of hydrogen-bond acceptors (Lipinski definition) is 3. The Morgan fingerprint density at radius 2 is 2.17 bits per heavy atom. The Morgan fingerprint density at radius 1 is 1.44 bits per heavy atom. The molecule has 1 aliphatic heterocycles. The molecule has 2 amide bonds. The van der Waals surface area contributed by atoms with Gasteiger partial charge in [-0.05, 0) is 19.3 Å². The minimum atomic E-state index is -0.281. The van der Waals surface area contributed by atoms with Crippen molar-refractivity contribution in [3.63, 3.8) is 0 Å². The van der Waals surface area contributed by atoms with Crippen LogP contribution >= 0.6 is 0 Å². The molecule has 1 aliphatic carbocycles. The van der Waals surface area contributed by atoms with Crippen LogP contribution in [-0.4, -0.2) is 48.4 Å². The van der Waals surface area contributed by atoms with Crippen LogP contribution in [0.1, 0.15) is 39.0 Å². The molecule has 1 atom stereocenters. The van der Waals surface area contributed by atoms with E-state index in [2.05, 4.69) is 10.6 Å². The number of amides is 2. The summed E-state index contributed by atoms with van der Waals surface area (Å²) in [7, 11) is 0. The molecule has 18 heavy (non-hydrogen) atoms. The lowest BCUT2D eigenvalue weighted by Crippen LogP contribution is -2.58. The second kappa shape index (κ2) is 6.18. The Bertz CT molecular complexity index is 313. The van der Waals surface area contributed by atoms with Crippen molar-refractivity contribution in [2.75, 3.05) is 19.6 Å². The van der Waals surface area contributed by atoms with Gasteiger partial charge in [-0.15, -0.1) is 0 Å². The van der Waals surface area contributed by atoms with E-state index in [1.165, 1.54) is 25.7 Å². The van der Waals surface area contributed by atoms with Crippen LogP contribution in [-0.2, 0) is 9.59 Å². The number of carbonyl (C=O) groups excluding carboxylic acids is 2. The van der Waals surface area contributed by atoms with Crippen LogP contribution in [0.2, 0.25) is 0 Å². The highest BCUT2D eigenvalue weighted by Crippen LogP contribution is 2.17. The highest BCUT2D eigenvalue weighted by molar-refractivity contribution is 5.89. The Morgan fingerprint density at radius 3 is 2.83 bits per heavy atom. The van der Waals surface area contributed by atoms with Gasteiger partial charge in [0.15, 0.2) is 0 Å².